The van der Waals surface area contributed by atoms with Gasteiger partial charge in [0.2, 0.25) is 11.6 Å². The van der Waals surface area contributed by atoms with Crippen LogP contribution < -0.4 is 19.6 Å². The summed E-state index contributed by atoms with van der Waals surface area (Å²) in [6, 6.07) is 45.2. The lowest BCUT2D eigenvalue weighted by Crippen LogP contribution is -2.08. The molecule has 0 bridgehead atoms. The number of benzene rings is 5. The number of fused-ring (bicyclic) bond motifs is 3. The molecule has 0 spiro atoms. The Labute approximate surface area is 361 Å². The fraction of sp³-hybridized carbons (Fsp3) is 0.160. The van der Waals surface area contributed by atoms with Crippen LogP contribution in [0.5, 0.6) is 0 Å². The Hall–Kier alpha value is -7.86. The average Bonchev–Trinajstić information content (AvgIpc) is 3.31. The Balaban J connectivity index is 1.15. The summed E-state index contributed by atoms with van der Waals surface area (Å²) >= 11 is 0. The number of rotatable bonds is 10. The minimum Gasteiger partial charge on any atom is -0.378 e. The van der Waals surface area contributed by atoms with Crippen LogP contribution >= 0.6 is 0 Å². The molecule has 0 radical (unpaired) electrons. The summed E-state index contributed by atoms with van der Waals surface area (Å²) in [5, 5.41) is 20.8. The van der Waals surface area contributed by atoms with Crippen molar-refractivity contribution in [1.82, 2.24) is 40.3 Å². The molecule has 0 saturated heterocycles. The van der Waals surface area contributed by atoms with Crippen molar-refractivity contribution in [3.8, 4) is 68.1 Å². The molecule has 0 aliphatic rings. The Kier molecular flexibility index (Phi) is 10.4. The predicted octanol–water partition coefficient (Wildman–Crippen LogP) is 9.42. The Morgan fingerprint density at radius 2 is 0.548 bits per heavy atom. The minimum absolute atomic E-state index is 0.409. The third kappa shape index (κ3) is 7.69. The van der Waals surface area contributed by atoms with Crippen LogP contribution in [-0.2, 0) is 0 Å². The first-order valence-corrected chi connectivity index (χ1v) is 20.3. The summed E-state index contributed by atoms with van der Waals surface area (Å²) in [7, 11) is 16.2. The van der Waals surface area contributed by atoms with E-state index in [9.17, 15) is 0 Å². The molecule has 9 aromatic rings. The standard InChI is InChI=1S/C50H46N12/c1-59(2)37-21-11-33(12-22-37)45-47(35-15-25-39(26-16-35)61(5)6)55-57-49(53-45)41-29-19-31-9-10-32-20-30-42(52-44(32)43(31)51-41)50-54-46(34-13-23-38(24-14-34)60(3)4)48(56-58-50)36-17-27-40(28-18-36)62(7)8/h9-30H,1-8H3. The zero-order chi connectivity index (χ0) is 43.1. The first-order valence-electron chi connectivity index (χ1n) is 20.3. The highest BCUT2D eigenvalue weighted by Gasteiger charge is 2.19. The summed E-state index contributed by atoms with van der Waals surface area (Å²) in [5.41, 5.74) is 13.4. The van der Waals surface area contributed by atoms with Crippen LogP contribution in [0.2, 0.25) is 0 Å². The van der Waals surface area contributed by atoms with Gasteiger partial charge in [-0.2, -0.15) is 0 Å². The van der Waals surface area contributed by atoms with Crippen LogP contribution in [0, 0.1) is 0 Å². The SMILES string of the molecule is CN(C)c1ccc(-c2nnc(-c3ccc4ccc5ccc(-c6nnc(-c7ccc(N(C)C)cc7)c(-c7ccc(N(C)C)cc7)n6)nc5c4n3)nc2-c2ccc(N(C)C)cc2)cc1. The van der Waals surface area contributed by atoms with Gasteiger partial charge in [0.25, 0.3) is 0 Å². The van der Waals surface area contributed by atoms with Crippen LogP contribution in [-0.4, -0.2) is 96.7 Å². The number of hydrogen-bond acceptors (Lipinski definition) is 12. The highest BCUT2D eigenvalue weighted by Crippen LogP contribution is 2.35. The average molecular weight is 815 g/mol. The molecule has 0 aliphatic carbocycles. The number of aromatic nitrogens is 8. The van der Waals surface area contributed by atoms with Gasteiger partial charge in [-0.05, 0) is 60.7 Å². The summed E-state index contributed by atoms with van der Waals surface area (Å²) in [6.45, 7) is 0. The zero-order valence-corrected chi connectivity index (χ0v) is 36.1. The molecule has 62 heavy (non-hydrogen) atoms. The van der Waals surface area contributed by atoms with E-state index >= 15 is 0 Å². The maximum absolute atomic E-state index is 5.17. The number of hydrogen-bond donors (Lipinski definition) is 0. The van der Waals surface area contributed by atoms with E-state index < -0.39 is 0 Å². The van der Waals surface area contributed by atoms with Crippen molar-refractivity contribution < 1.29 is 0 Å². The molecule has 306 valence electrons. The van der Waals surface area contributed by atoms with Gasteiger partial charge in [-0.3, -0.25) is 0 Å². The normalized spacial score (nSPS) is 11.2. The Morgan fingerprint density at radius 3 is 0.839 bits per heavy atom. The Morgan fingerprint density at radius 1 is 0.274 bits per heavy atom. The van der Waals surface area contributed by atoms with Gasteiger partial charge < -0.3 is 19.6 Å². The maximum atomic E-state index is 5.17. The minimum atomic E-state index is 0.409. The number of pyridine rings is 2. The van der Waals surface area contributed by atoms with Gasteiger partial charge in [0.1, 0.15) is 34.2 Å². The number of nitrogens with zero attached hydrogens (tertiary/aromatic N) is 12. The van der Waals surface area contributed by atoms with Crippen LogP contribution in [0.1, 0.15) is 0 Å². The van der Waals surface area contributed by atoms with E-state index in [4.69, 9.17) is 30.1 Å². The van der Waals surface area contributed by atoms with Crippen LogP contribution in [0.25, 0.3) is 89.9 Å². The molecule has 0 N–H and O–H groups in total. The molecule has 0 amide bonds. The second-order valence-corrected chi connectivity index (χ2v) is 16.0. The van der Waals surface area contributed by atoms with Gasteiger partial charge in [0.15, 0.2) is 0 Å². The van der Waals surface area contributed by atoms with E-state index in [1.165, 1.54) is 0 Å². The molecule has 12 heteroatoms. The monoisotopic (exact) mass is 814 g/mol. The van der Waals surface area contributed by atoms with E-state index in [0.717, 1.165) is 55.8 Å². The molecular weight excluding hydrogens is 769 g/mol. The predicted molar refractivity (Wildman–Crippen MR) is 254 cm³/mol. The molecule has 0 atom stereocenters. The molecule has 4 heterocycles. The van der Waals surface area contributed by atoms with Crippen molar-refractivity contribution in [3.05, 3.63) is 133 Å². The van der Waals surface area contributed by atoms with Gasteiger partial charge in [-0.25, -0.2) is 19.9 Å². The van der Waals surface area contributed by atoms with Crippen molar-refractivity contribution in [1.29, 1.82) is 0 Å². The smallest absolute Gasteiger partial charge is 0.201 e. The van der Waals surface area contributed by atoms with Gasteiger partial charge >= 0.3 is 0 Å². The third-order valence-electron chi connectivity index (χ3n) is 11.0. The fourth-order valence-corrected chi connectivity index (χ4v) is 7.35. The topological polar surface area (TPSA) is 116 Å². The molecule has 4 aromatic heterocycles. The fourth-order valence-electron chi connectivity index (χ4n) is 7.35. The number of anilines is 4. The van der Waals surface area contributed by atoms with Crippen molar-refractivity contribution in [2.45, 2.75) is 0 Å². The molecule has 0 saturated carbocycles. The van der Waals surface area contributed by atoms with Gasteiger partial charge in [-0.15, -0.1) is 20.4 Å². The quantitative estimate of drug-likeness (QED) is 0.123. The highest BCUT2D eigenvalue weighted by molar-refractivity contribution is 6.04. The Bertz CT molecular complexity index is 2840. The lowest BCUT2D eigenvalue weighted by molar-refractivity contribution is 0.982. The largest absolute Gasteiger partial charge is 0.378 e. The molecule has 12 nitrogen and oxygen atoms in total. The maximum Gasteiger partial charge on any atom is 0.201 e. The van der Waals surface area contributed by atoms with E-state index in [0.29, 0.717) is 56.8 Å². The van der Waals surface area contributed by atoms with Gasteiger partial charge in [-0.1, -0.05) is 72.8 Å². The van der Waals surface area contributed by atoms with E-state index in [1.807, 2.05) is 80.6 Å². The molecule has 9 rings (SSSR count). The van der Waals surface area contributed by atoms with Crippen molar-refractivity contribution in [2.75, 3.05) is 76.0 Å². The van der Waals surface area contributed by atoms with Crippen LogP contribution in [0.4, 0.5) is 22.7 Å². The molecule has 5 aromatic carbocycles. The van der Waals surface area contributed by atoms with Gasteiger partial charge in [0, 0.05) is 112 Å². The third-order valence-corrected chi connectivity index (χ3v) is 11.0. The van der Waals surface area contributed by atoms with Crippen molar-refractivity contribution >= 4 is 44.6 Å². The summed E-state index contributed by atoms with van der Waals surface area (Å²) in [5.74, 6) is 0.819. The van der Waals surface area contributed by atoms with Crippen molar-refractivity contribution in [2.24, 2.45) is 0 Å². The first kappa shape index (κ1) is 39.6. The zero-order valence-electron chi connectivity index (χ0n) is 36.1. The van der Waals surface area contributed by atoms with Crippen LogP contribution in [0.15, 0.2) is 133 Å². The molecular formula is C50H46N12. The summed E-state index contributed by atoms with van der Waals surface area (Å²) < 4.78 is 0. The molecule has 0 unspecified atom stereocenters. The lowest BCUT2D eigenvalue weighted by Gasteiger charge is -2.15. The van der Waals surface area contributed by atoms with E-state index in [2.05, 4.69) is 139 Å². The van der Waals surface area contributed by atoms with E-state index in [-0.39, 0.29) is 0 Å². The van der Waals surface area contributed by atoms with E-state index in [1.54, 1.807) is 0 Å². The summed E-state index contributed by atoms with van der Waals surface area (Å²) in [4.78, 5) is 28.9. The first-order chi connectivity index (χ1) is 30.0. The molecule has 0 fully saturated rings. The van der Waals surface area contributed by atoms with Crippen molar-refractivity contribution in [3.63, 3.8) is 0 Å². The second-order valence-electron chi connectivity index (χ2n) is 16.0. The van der Waals surface area contributed by atoms with Crippen LogP contribution in [0.3, 0.4) is 0 Å². The van der Waals surface area contributed by atoms with Gasteiger partial charge in [0.05, 0.1) is 11.0 Å². The lowest BCUT2D eigenvalue weighted by atomic mass is 10.0. The highest BCUT2D eigenvalue weighted by atomic mass is 15.2. The second kappa shape index (κ2) is 16.3. The molecule has 0 aliphatic heterocycles. The summed E-state index contributed by atoms with van der Waals surface area (Å²) in [6.07, 6.45) is 0.